The van der Waals surface area contributed by atoms with Gasteiger partial charge in [-0.2, -0.15) is 0 Å². The van der Waals surface area contributed by atoms with Crippen LogP contribution >= 0.6 is 0 Å². The van der Waals surface area contributed by atoms with Crippen LogP contribution in [-0.4, -0.2) is 6.21 Å². The summed E-state index contributed by atoms with van der Waals surface area (Å²) < 4.78 is 0. The SMILES string of the molecule is CCC(C=N)c1c[c]ccc1. The average molecular weight is 146 g/mol. The summed E-state index contributed by atoms with van der Waals surface area (Å²) in [6.07, 6.45) is 2.48. The van der Waals surface area contributed by atoms with Gasteiger partial charge in [0, 0.05) is 12.1 Å². The number of rotatable bonds is 3. The minimum atomic E-state index is 0.271. The van der Waals surface area contributed by atoms with Gasteiger partial charge in [-0.05, 0) is 18.1 Å². The highest BCUT2D eigenvalue weighted by atomic mass is 14.3. The Bertz CT molecular complexity index is 216. The van der Waals surface area contributed by atoms with Crippen molar-refractivity contribution in [2.24, 2.45) is 0 Å². The van der Waals surface area contributed by atoms with Crippen molar-refractivity contribution in [3.05, 3.63) is 35.9 Å². The van der Waals surface area contributed by atoms with Crippen LogP contribution in [0, 0.1) is 11.5 Å². The second-order valence-electron chi connectivity index (χ2n) is 2.52. The molecule has 0 aliphatic heterocycles. The number of benzene rings is 1. The summed E-state index contributed by atoms with van der Waals surface area (Å²) in [5, 5.41) is 7.16. The molecule has 1 heteroatoms. The third-order valence-corrected chi connectivity index (χ3v) is 1.80. The first kappa shape index (κ1) is 7.99. The van der Waals surface area contributed by atoms with Crippen LogP contribution < -0.4 is 0 Å². The Morgan fingerprint density at radius 1 is 1.73 bits per heavy atom. The monoisotopic (exact) mass is 146 g/mol. The molecule has 1 unspecified atom stereocenters. The fraction of sp³-hybridized carbons (Fsp3) is 0.300. The Hall–Kier alpha value is -1.11. The summed E-state index contributed by atoms with van der Waals surface area (Å²) in [4.78, 5) is 0. The van der Waals surface area contributed by atoms with Gasteiger partial charge in [0.25, 0.3) is 0 Å². The fourth-order valence-corrected chi connectivity index (χ4v) is 1.09. The molecule has 0 amide bonds. The Balaban J connectivity index is 2.82. The number of nitrogens with one attached hydrogen (secondary N) is 1. The smallest absolute Gasteiger partial charge is 0.0184 e. The quantitative estimate of drug-likeness (QED) is 0.634. The normalized spacial score (nSPS) is 12.5. The van der Waals surface area contributed by atoms with Crippen molar-refractivity contribution in [1.82, 2.24) is 0 Å². The lowest BCUT2D eigenvalue weighted by Gasteiger charge is -2.07. The van der Waals surface area contributed by atoms with E-state index in [1.54, 1.807) is 0 Å². The number of hydrogen-bond acceptors (Lipinski definition) is 1. The van der Waals surface area contributed by atoms with Crippen molar-refractivity contribution >= 4 is 6.21 Å². The van der Waals surface area contributed by atoms with Gasteiger partial charge in [0.15, 0.2) is 0 Å². The highest BCUT2D eigenvalue weighted by Gasteiger charge is 2.02. The van der Waals surface area contributed by atoms with Crippen molar-refractivity contribution in [2.45, 2.75) is 19.3 Å². The highest BCUT2D eigenvalue weighted by Crippen LogP contribution is 2.15. The zero-order chi connectivity index (χ0) is 8.10. The lowest BCUT2D eigenvalue weighted by Crippen LogP contribution is -1.96. The molecule has 11 heavy (non-hydrogen) atoms. The van der Waals surface area contributed by atoms with Crippen LogP contribution in [0.4, 0.5) is 0 Å². The first-order valence-electron chi connectivity index (χ1n) is 3.85. The largest absolute Gasteiger partial charge is 0.312 e. The second kappa shape index (κ2) is 3.91. The molecule has 0 aliphatic carbocycles. The minimum Gasteiger partial charge on any atom is -0.312 e. The van der Waals surface area contributed by atoms with Crippen molar-refractivity contribution in [1.29, 1.82) is 5.41 Å². The molecule has 1 rings (SSSR count). The van der Waals surface area contributed by atoms with Gasteiger partial charge in [-0.15, -0.1) is 0 Å². The van der Waals surface area contributed by atoms with E-state index in [4.69, 9.17) is 5.41 Å². The zero-order valence-corrected chi connectivity index (χ0v) is 6.67. The molecule has 1 N–H and O–H groups in total. The Morgan fingerprint density at radius 3 is 3.00 bits per heavy atom. The predicted molar refractivity (Wildman–Crippen MR) is 47.1 cm³/mol. The summed E-state index contributed by atoms with van der Waals surface area (Å²) in [6, 6.07) is 10.8. The molecule has 1 aromatic carbocycles. The molecule has 0 saturated carbocycles. The summed E-state index contributed by atoms with van der Waals surface area (Å²) in [5.74, 6) is 0.271. The molecule has 1 nitrogen and oxygen atoms in total. The molecule has 57 valence electrons. The van der Waals surface area contributed by atoms with Gasteiger partial charge in [0.05, 0.1) is 0 Å². The van der Waals surface area contributed by atoms with Gasteiger partial charge in [-0.25, -0.2) is 0 Å². The Kier molecular flexibility index (Phi) is 2.84. The maximum atomic E-state index is 7.16. The van der Waals surface area contributed by atoms with E-state index in [9.17, 15) is 0 Å². The van der Waals surface area contributed by atoms with Gasteiger partial charge >= 0.3 is 0 Å². The molecule has 1 radical (unpaired) electrons. The molecule has 0 saturated heterocycles. The van der Waals surface area contributed by atoms with E-state index >= 15 is 0 Å². The first-order valence-corrected chi connectivity index (χ1v) is 3.85. The number of hydrogen-bond donors (Lipinski definition) is 1. The fourth-order valence-electron chi connectivity index (χ4n) is 1.09. The summed E-state index contributed by atoms with van der Waals surface area (Å²) in [5.41, 5.74) is 1.19. The topological polar surface area (TPSA) is 23.9 Å². The minimum absolute atomic E-state index is 0.271. The van der Waals surface area contributed by atoms with Crippen molar-refractivity contribution in [3.63, 3.8) is 0 Å². The van der Waals surface area contributed by atoms with E-state index in [2.05, 4.69) is 13.0 Å². The maximum absolute atomic E-state index is 7.16. The molecule has 0 heterocycles. The van der Waals surface area contributed by atoms with E-state index in [0.717, 1.165) is 6.42 Å². The van der Waals surface area contributed by atoms with Crippen LogP contribution in [0.25, 0.3) is 0 Å². The van der Waals surface area contributed by atoms with Crippen molar-refractivity contribution < 1.29 is 0 Å². The second-order valence-corrected chi connectivity index (χ2v) is 2.52. The van der Waals surface area contributed by atoms with Crippen LogP contribution in [-0.2, 0) is 0 Å². The lowest BCUT2D eigenvalue weighted by molar-refractivity contribution is 0.855. The summed E-state index contributed by atoms with van der Waals surface area (Å²) in [7, 11) is 0. The predicted octanol–water partition coefficient (Wildman–Crippen LogP) is 2.63. The van der Waals surface area contributed by atoms with E-state index in [-0.39, 0.29) is 5.92 Å². The van der Waals surface area contributed by atoms with Gasteiger partial charge < -0.3 is 5.41 Å². The van der Waals surface area contributed by atoms with Gasteiger partial charge in [0.1, 0.15) is 0 Å². The van der Waals surface area contributed by atoms with Gasteiger partial charge in [0.2, 0.25) is 0 Å². The van der Waals surface area contributed by atoms with Crippen LogP contribution in [0.2, 0.25) is 0 Å². The van der Waals surface area contributed by atoms with Crippen LogP contribution in [0.3, 0.4) is 0 Å². The molecular weight excluding hydrogens is 134 g/mol. The molecule has 1 aromatic rings. The molecular formula is C10H12N. The highest BCUT2D eigenvalue weighted by molar-refractivity contribution is 5.64. The molecule has 0 bridgehead atoms. The first-order chi connectivity index (χ1) is 5.38. The third-order valence-electron chi connectivity index (χ3n) is 1.80. The molecule has 1 atom stereocenters. The van der Waals surface area contributed by atoms with Crippen LogP contribution in [0.5, 0.6) is 0 Å². The lowest BCUT2D eigenvalue weighted by atomic mass is 9.98. The van der Waals surface area contributed by atoms with Gasteiger partial charge in [-0.1, -0.05) is 31.2 Å². The maximum Gasteiger partial charge on any atom is 0.0184 e. The van der Waals surface area contributed by atoms with E-state index in [0.29, 0.717) is 0 Å². The molecule has 0 spiro atoms. The summed E-state index contributed by atoms with van der Waals surface area (Å²) >= 11 is 0. The Morgan fingerprint density at radius 2 is 2.55 bits per heavy atom. The van der Waals surface area contributed by atoms with Gasteiger partial charge in [-0.3, -0.25) is 0 Å². The molecule has 0 fully saturated rings. The van der Waals surface area contributed by atoms with Crippen LogP contribution in [0.1, 0.15) is 24.8 Å². The Labute approximate surface area is 67.6 Å². The zero-order valence-electron chi connectivity index (χ0n) is 6.67. The standard InChI is InChI=1S/C10H12N/c1-2-9(8-11)10-6-4-3-5-7-10/h3-4,6-9,11H,2H2,1H3. The van der Waals surface area contributed by atoms with E-state index < -0.39 is 0 Å². The van der Waals surface area contributed by atoms with Crippen molar-refractivity contribution in [3.8, 4) is 0 Å². The average Bonchev–Trinajstić information content (AvgIpc) is 2.09. The van der Waals surface area contributed by atoms with E-state index in [1.807, 2.05) is 24.3 Å². The molecule has 0 aromatic heterocycles. The summed E-state index contributed by atoms with van der Waals surface area (Å²) in [6.45, 7) is 2.09. The molecule has 0 aliphatic rings. The van der Waals surface area contributed by atoms with Crippen LogP contribution in [0.15, 0.2) is 24.3 Å². The van der Waals surface area contributed by atoms with E-state index in [1.165, 1.54) is 11.8 Å². The van der Waals surface area contributed by atoms with Crippen molar-refractivity contribution in [2.75, 3.05) is 0 Å². The third kappa shape index (κ3) is 1.90.